The summed E-state index contributed by atoms with van der Waals surface area (Å²) in [5.41, 5.74) is 1.54. The van der Waals surface area contributed by atoms with Gasteiger partial charge in [0.05, 0.1) is 29.2 Å². The molecule has 2 aliphatic rings. The number of halogens is 2. The molecule has 6 rings (SSSR count). The second-order valence-electron chi connectivity index (χ2n) is 10.9. The summed E-state index contributed by atoms with van der Waals surface area (Å²) >= 11 is 0. The summed E-state index contributed by atoms with van der Waals surface area (Å²) in [5.74, 6) is -1.60. The van der Waals surface area contributed by atoms with Gasteiger partial charge < -0.3 is 0 Å². The van der Waals surface area contributed by atoms with E-state index in [9.17, 15) is 22.0 Å². The van der Waals surface area contributed by atoms with Crippen molar-refractivity contribution in [1.29, 1.82) is 0 Å². The van der Waals surface area contributed by atoms with E-state index in [4.69, 9.17) is 0 Å². The van der Waals surface area contributed by atoms with Crippen molar-refractivity contribution in [2.24, 2.45) is 12.5 Å². The van der Waals surface area contributed by atoms with E-state index in [1.165, 1.54) is 39.8 Å². The van der Waals surface area contributed by atoms with E-state index >= 15 is 0 Å². The number of sulfonamides is 1. The normalized spacial score (nSPS) is 20.4. The molecule has 2 atom stereocenters. The number of hydrogen-bond acceptors (Lipinski definition) is 8. The summed E-state index contributed by atoms with van der Waals surface area (Å²) in [6.07, 6.45) is 8.63. The molecule has 1 saturated carbocycles. The van der Waals surface area contributed by atoms with Crippen molar-refractivity contribution in [2.75, 3.05) is 0 Å². The van der Waals surface area contributed by atoms with Crippen LogP contribution in [0.2, 0.25) is 0 Å². The van der Waals surface area contributed by atoms with Crippen LogP contribution in [0.15, 0.2) is 59.9 Å². The number of carbonyl (C=O) groups excluding carboxylic acids is 1. The summed E-state index contributed by atoms with van der Waals surface area (Å²) in [5, 5.41) is 8.23. The number of ketones is 1. The Balaban J connectivity index is 1.46. The number of carbonyl (C=O) groups is 1. The van der Waals surface area contributed by atoms with E-state index in [1.54, 1.807) is 37.8 Å². The Kier molecular flexibility index (Phi) is 6.84. The number of aryl methyl sites for hydroxylation is 1. The predicted octanol–water partition coefficient (Wildman–Crippen LogP) is 3.53. The van der Waals surface area contributed by atoms with Crippen LogP contribution in [-0.4, -0.2) is 65.1 Å². The van der Waals surface area contributed by atoms with Gasteiger partial charge in [-0.3, -0.25) is 14.5 Å². The zero-order valence-corrected chi connectivity index (χ0v) is 24.0. The topological polar surface area (TPSA) is 129 Å². The van der Waals surface area contributed by atoms with Crippen molar-refractivity contribution in [3.05, 3.63) is 83.5 Å². The minimum Gasteiger partial charge on any atom is -0.291 e. The van der Waals surface area contributed by atoms with Gasteiger partial charge in [-0.15, -0.1) is 5.10 Å². The molecule has 0 unspecified atom stereocenters. The highest BCUT2D eigenvalue weighted by Crippen LogP contribution is 2.51. The number of fused-ring (bicyclic) bond motifs is 2. The molecule has 0 saturated heterocycles. The Morgan fingerprint density at radius 1 is 1.14 bits per heavy atom. The summed E-state index contributed by atoms with van der Waals surface area (Å²) in [7, 11) is -2.52. The van der Waals surface area contributed by atoms with Crippen molar-refractivity contribution < 1.29 is 22.0 Å². The summed E-state index contributed by atoms with van der Waals surface area (Å²) in [6.45, 7) is 3.54. The average Bonchev–Trinajstić information content (AvgIpc) is 3.57. The van der Waals surface area contributed by atoms with Gasteiger partial charge in [0.15, 0.2) is 5.78 Å². The Labute approximate surface area is 241 Å². The molecule has 0 N–H and O–H groups in total. The van der Waals surface area contributed by atoms with Gasteiger partial charge in [0, 0.05) is 31.4 Å². The van der Waals surface area contributed by atoms with Gasteiger partial charge in [-0.25, -0.2) is 27.5 Å². The lowest BCUT2D eigenvalue weighted by molar-refractivity contribution is 0.0721. The first-order chi connectivity index (χ1) is 20.0. The molecule has 218 valence electrons. The Hall–Kier alpha value is -4.17. The molecule has 42 heavy (non-hydrogen) atoms. The fraction of sp³-hybridized carbons (Fsp3) is 0.357. The number of pyridine rings is 2. The molecule has 4 heterocycles. The van der Waals surface area contributed by atoms with Gasteiger partial charge in [0.2, 0.25) is 5.95 Å². The Bertz CT molecular complexity index is 1820. The molecule has 11 nitrogen and oxygen atoms in total. The van der Waals surface area contributed by atoms with Crippen molar-refractivity contribution in [3.8, 4) is 5.69 Å². The van der Waals surface area contributed by atoms with Crippen LogP contribution in [0.4, 0.5) is 8.78 Å². The molecule has 0 aromatic carbocycles. The van der Waals surface area contributed by atoms with E-state index in [-0.39, 0.29) is 23.7 Å². The van der Waals surface area contributed by atoms with Crippen LogP contribution >= 0.6 is 0 Å². The number of allylic oxidation sites excluding steroid dienone is 1. The van der Waals surface area contributed by atoms with Gasteiger partial charge in [0.25, 0.3) is 15.2 Å². The first-order valence-electron chi connectivity index (χ1n) is 13.4. The van der Waals surface area contributed by atoms with Crippen LogP contribution < -0.4 is 0 Å². The van der Waals surface area contributed by atoms with Gasteiger partial charge in [-0.2, -0.15) is 13.8 Å². The third kappa shape index (κ3) is 4.64. The summed E-state index contributed by atoms with van der Waals surface area (Å²) < 4.78 is 59.7. The minimum atomic E-state index is -4.11. The first-order valence-corrected chi connectivity index (χ1v) is 14.9. The molecule has 14 heteroatoms. The van der Waals surface area contributed by atoms with Crippen LogP contribution in [0.3, 0.4) is 0 Å². The quantitative estimate of drug-likeness (QED) is 0.235. The number of hydrogen-bond donors (Lipinski definition) is 0. The van der Waals surface area contributed by atoms with Gasteiger partial charge in [-0.05, 0) is 69.4 Å². The highest BCUT2D eigenvalue weighted by Gasteiger charge is 2.52. The second kappa shape index (κ2) is 10.3. The standard InChI is InChI=1S/C28H28F2N8O3S/c1-17(2)38(42(40,41)27-33-16-36(3)35-27)21-5-4-19-10-24-18(14-34-37(24)22-6-7-25(30)32-15-22)12-28(19,13-21)26(39)23-11-20(29)8-9-31-23/h6-11,14-17,21H,4-5,12-13H2,1-3H3/t21-,28-/m0/s1. The fourth-order valence-corrected chi connectivity index (χ4v) is 7.93. The van der Waals surface area contributed by atoms with Gasteiger partial charge in [-0.1, -0.05) is 5.57 Å². The second-order valence-corrected chi connectivity index (χ2v) is 12.7. The molecule has 0 amide bonds. The fourth-order valence-electron chi connectivity index (χ4n) is 6.20. The van der Waals surface area contributed by atoms with E-state index in [1.807, 2.05) is 6.08 Å². The van der Waals surface area contributed by atoms with Crippen LogP contribution in [0.5, 0.6) is 0 Å². The van der Waals surface area contributed by atoms with Crippen LogP contribution in [0.1, 0.15) is 54.9 Å². The maximum absolute atomic E-state index is 14.3. The molecular formula is C28H28F2N8O3S. The molecular weight excluding hydrogens is 566 g/mol. The van der Waals surface area contributed by atoms with Crippen molar-refractivity contribution in [2.45, 2.75) is 56.8 Å². The molecule has 0 aliphatic heterocycles. The molecule has 0 bridgehead atoms. The predicted molar refractivity (Wildman–Crippen MR) is 147 cm³/mol. The van der Waals surface area contributed by atoms with E-state index in [0.717, 1.165) is 22.9 Å². The third-order valence-corrected chi connectivity index (χ3v) is 9.86. The van der Waals surface area contributed by atoms with Gasteiger partial charge in [0.1, 0.15) is 17.8 Å². The number of Topliss-reactive ketones (excluding diaryl/α,β-unsaturated/α-hetero) is 1. The lowest BCUT2D eigenvalue weighted by Crippen LogP contribution is -2.52. The molecule has 2 aliphatic carbocycles. The maximum atomic E-state index is 14.3. The lowest BCUT2D eigenvalue weighted by Gasteiger charge is -2.47. The van der Waals surface area contributed by atoms with E-state index in [2.05, 4.69) is 25.1 Å². The molecule has 0 spiro atoms. The summed E-state index contributed by atoms with van der Waals surface area (Å²) in [4.78, 5) is 26.3. The summed E-state index contributed by atoms with van der Waals surface area (Å²) in [6, 6.07) is 4.04. The zero-order valence-electron chi connectivity index (χ0n) is 23.1. The highest BCUT2D eigenvalue weighted by atomic mass is 32.2. The van der Waals surface area contributed by atoms with Crippen LogP contribution in [-0.2, 0) is 23.5 Å². The van der Waals surface area contributed by atoms with Crippen molar-refractivity contribution in [1.82, 2.24) is 38.8 Å². The Morgan fingerprint density at radius 3 is 2.62 bits per heavy atom. The number of nitrogens with zero attached hydrogens (tertiary/aromatic N) is 8. The lowest BCUT2D eigenvalue weighted by atomic mass is 9.60. The molecule has 0 radical (unpaired) electrons. The zero-order chi connectivity index (χ0) is 29.8. The monoisotopic (exact) mass is 594 g/mol. The first kappa shape index (κ1) is 28.0. The van der Waals surface area contributed by atoms with Crippen molar-refractivity contribution in [3.63, 3.8) is 0 Å². The smallest absolute Gasteiger partial charge is 0.282 e. The largest absolute Gasteiger partial charge is 0.291 e. The van der Waals surface area contributed by atoms with Crippen molar-refractivity contribution >= 4 is 21.9 Å². The van der Waals surface area contributed by atoms with E-state index < -0.39 is 45.1 Å². The average molecular weight is 595 g/mol. The SMILES string of the molecule is CC(C)N([C@H]1CCC2=Cc3c(cnn3-c3ccc(F)nc3)C[C@]2(C(=O)c2cc(F)ccn2)C1)S(=O)(=O)c1ncn(C)n1. The molecule has 4 aromatic heterocycles. The minimum absolute atomic E-state index is 0.0366. The Morgan fingerprint density at radius 2 is 1.95 bits per heavy atom. The highest BCUT2D eigenvalue weighted by molar-refractivity contribution is 7.89. The van der Waals surface area contributed by atoms with Crippen LogP contribution in [0.25, 0.3) is 11.8 Å². The van der Waals surface area contributed by atoms with E-state index in [0.29, 0.717) is 18.5 Å². The molecule has 4 aromatic rings. The number of aromatic nitrogens is 7. The molecule has 1 fully saturated rings. The third-order valence-electron chi connectivity index (χ3n) is 7.94. The van der Waals surface area contributed by atoms with Gasteiger partial charge >= 0.3 is 0 Å². The van der Waals surface area contributed by atoms with Crippen LogP contribution in [0, 0.1) is 17.2 Å². The number of rotatable bonds is 7. The maximum Gasteiger partial charge on any atom is 0.282 e.